The molecule has 0 saturated carbocycles. The molecule has 1 heterocycles. The van der Waals surface area contributed by atoms with E-state index >= 15 is 0 Å². The van der Waals surface area contributed by atoms with Gasteiger partial charge in [-0.3, -0.25) is 9.78 Å². The predicted molar refractivity (Wildman–Crippen MR) is 88.3 cm³/mol. The number of amides is 1. The van der Waals surface area contributed by atoms with Crippen molar-refractivity contribution in [2.24, 2.45) is 0 Å². The molecule has 1 unspecified atom stereocenters. The van der Waals surface area contributed by atoms with E-state index in [1.54, 1.807) is 25.3 Å². The zero-order valence-corrected chi connectivity index (χ0v) is 13.5. The van der Waals surface area contributed by atoms with Crippen LogP contribution in [-0.4, -0.2) is 23.0 Å². The number of anilines is 1. The summed E-state index contributed by atoms with van der Waals surface area (Å²) in [6.45, 7) is 5.64. The number of carbonyl (C=O) groups excluding carboxylic acids is 2. The summed E-state index contributed by atoms with van der Waals surface area (Å²) in [5.74, 6) is -0.885. The van der Waals surface area contributed by atoms with Gasteiger partial charge in [0.15, 0.2) is 6.10 Å². The Morgan fingerprint density at radius 1 is 1.17 bits per heavy atom. The second kappa shape index (κ2) is 7.54. The molecular weight excluding hydrogens is 292 g/mol. The second-order valence-electron chi connectivity index (χ2n) is 5.30. The third-order valence-corrected chi connectivity index (χ3v) is 3.54. The summed E-state index contributed by atoms with van der Waals surface area (Å²) in [7, 11) is 0. The van der Waals surface area contributed by atoms with E-state index in [0.29, 0.717) is 12.0 Å². The number of esters is 1. The van der Waals surface area contributed by atoms with Crippen molar-refractivity contribution in [3.05, 3.63) is 59.4 Å². The van der Waals surface area contributed by atoms with Crippen LogP contribution in [0.15, 0.2) is 42.7 Å². The highest BCUT2D eigenvalue weighted by atomic mass is 16.5. The van der Waals surface area contributed by atoms with Crippen LogP contribution < -0.4 is 5.32 Å². The average molecular weight is 312 g/mol. The molecule has 1 amide bonds. The highest BCUT2D eigenvalue weighted by Gasteiger charge is 2.23. The van der Waals surface area contributed by atoms with E-state index < -0.39 is 12.1 Å². The molecule has 23 heavy (non-hydrogen) atoms. The number of nitrogens with zero attached hydrogens (tertiary/aromatic N) is 1. The van der Waals surface area contributed by atoms with Gasteiger partial charge in [-0.25, -0.2) is 4.79 Å². The van der Waals surface area contributed by atoms with Gasteiger partial charge in [-0.1, -0.05) is 25.1 Å². The third-order valence-electron chi connectivity index (χ3n) is 3.54. The van der Waals surface area contributed by atoms with Gasteiger partial charge in [-0.2, -0.15) is 0 Å². The molecule has 0 aliphatic rings. The third kappa shape index (κ3) is 4.16. The number of rotatable bonds is 5. The summed E-state index contributed by atoms with van der Waals surface area (Å²) in [5.41, 5.74) is 3.01. The molecule has 0 spiro atoms. The summed E-state index contributed by atoms with van der Waals surface area (Å²) in [6.07, 6.45) is 2.53. The topological polar surface area (TPSA) is 68.3 Å². The summed E-state index contributed by atoms with van der Waals surface area (Å²) < 4.78 is 5.31. The van der Waals surface area contributed by atoms with Crippen LogP contribution >= 0.6 is 0 Å². The van der Waals surface area contributed by atoms with Gasteiger partial charge in [-0.15, -0.1) is 0 Å². The van der Waals surface area contributed by atoms with E-state index in [4.69, 9.17) is 4.74 Å². The number of benzene rings is 1. The summed E-state index contributed by atoms with van der Waals surface area (Å²) in [6, 6.07) is 9.02. The molecule has 2 rings (SSSR count). The van der Waals surface area contributed by atoms with Crippen molar-refractivity contribution in [1.82, 2.24) is 4.98 Å². The van der Waals surface area contributed by atoms with Crippen molar-refractivity contribution >= 4 is 17.6 Å². The highest BCUT2D eigenvalue weighted by molar-refractivity contribution is 5.98. The fraction of sp³-hybridized carbons (Fsp3) is 0.278. The number of hydrogen-bond acceptors (Lipinski definition) is 4. The van der Waals surface area contributed by atoms with Crippen LogP contribution in [0.2, 0.25) is 0 Å². The minimum Gasteiger partial charge on any atom is -0.449 e. The normalized spacial score (nSPS) is 11.6. The molecule has 2 aromatic rings. The molecule has 120 valence electrons. The molecule has 0 fully saturated rings. The zero-order chi connectivity index (χ0) is 16.8. The molecule has 1 aromatic heterocycles. The first-order valence-corrected chi connectivity index (χ1v) is 7.51. The fourth-order valence-corrected chi connectivity index (χ4v) is 2.22. The van der Waals surface area contributed by atoms with E-state index in [9.17, 15) is 9.59 Å². The van der Waals surface area contributed by atoms with Gasteiger partial charge in [0.1, 0.15) is 0 Å². The van der Waals surface area contributed by atoms with E-state index in [1.807, 2.05) is 32.0 Å². The molecule has 1 aromatic carbocycles. The number of pyridine rings is 1. The largest absolute Gasteiger partial charge is 0.449 e. The molecule has 0 bridgehead atoms. The molecule has 0 radical (unpaired) electrons. The van der Waals surface area contributed by atoms with Crippen molar-refractivity contribution in [2.45, 2.75) is 33.3 Å². The lowest BCUT2D eigenvalue weighted by Crippen LogP contribution is -2.32. The molecule has 5 heteroatoms. The molecule has 5 nitrogen and oxygen atoms in total. The van der Waals surface area contributed by atoms with Crippen LogP contribution in [0.5, 0.6) is 0 Å². The number of nitrogens with one attached hydrogen (secondary N) is 1. The molecule has 1 N–H and O–H groups in total. The minimum absolute atomic E-state index is 0.325. The Morgan fingerprint density at radius 2 is 1.87 bits per heavy atom. The van der Waals surface area contributed by atoms with E-state index in [0.717, 1.165) is 16.8 Å². The Labute approximate surface area is 135 Å². The smallest absolute Gasteiger partial charge is 0.340 e. The second-order valence-corrected chi connectivity index (χ2v) is 5.30. The Hall–Kier alpha value is -2.69. The maximum Gasteiger partial charge on any atom is 0.340 e. The minimum atomic E-state index is -0.846. The lowest BCUT2D eigenvalue weighted by atomic mass is 10.1. The van der Waals surface area contributed by atoms with Crippen LogP contribution in [0.3, 0.4) is 0 Å². The quantitative estimate of drug-likeness (QED) is 0.860. The fourth-order valence-electron chi connectivity index (χ4n) is 2.22. The van der Waals surface area contributed by atoms with Gasteiger partial charge in [0.2, 0.25) is 0 Å². The molecule has 0 aliphatic carbocycles. The van der Waals surface area contributed by atoms with Crippen molar-refractivity contribution in [1.29, 1.82) is 0 Å². The molecule has 1 atom stereocenters. The monoisotopic (exact) mass is 312 g/mol. The Kier molecular flexibility index (Phi) is 5.46. The number of carbonyl (C=O) groups is 2. The lowest BCUT2D eigenvalue weighted by Gasteiger charge is -2.18. The Balaban J connectivity index is 2.09. The average Bonchev–Trinajstić information content (AvgIpc) is 2.56. The highest BCUT2D eigenvalue weighted by Crippen LogP contribution is 2.20. The maximum absolute atomic E-state index is 12.4. The Bertz CT molecular complexity index is 678. The van der Waals surface area contributed by atoms with Crippen molar-refractivity contribution in [2.75, 3.05) is 5.32 Å². The number of para-hydroxylation sites is 1. The van der Waals surface area contributed by atoms with E-state index in [1.165, 1.54) is 6.20 Å². The Morgan fingerprint density at radius 3 is 2.43 bits per heavy atom. The predicted octanol–water partition coefficient (Wildman–Crippen LogP) is 3.27. The van der Waals surface area contributed by atoms with Crippen LogP contribution in [0, 0.1) is 13.8 Å². The number of hydrogen-bond donors (Lipinski definition) is 1. The van der Waals surface area contributed by atoms with Gasteiger partial charge in [-0.05, 0) is 43.5 Å². The zero-order valence-electron chi connectivity index (χ0n) is 13.5. The van der Waals surface area contributed by atoms with Gasteiger partial charge < -0.3 is 10.1 Å². The van der Waals surface area contributed by atoms with Gasteiger partial charge in [0.25, 0.3) is 5.91 Å². The van der Waals surface area contributed by atoms with Crippen molar-refractivity contribution < 1.29 is 14.3 Å². The number of ether oxygens (including phenoxy) is 1. The first-order valence-electron chi connectivity index (χ1n) is 7.51. The van der Waals surface area contributed by atoms with Gasteiger partial charge in [0, 0.05) is 18.1 Å². The van der Waals surface area contributed by atoms with Gasteiger partial charge in [0.05, 0.1) is 5.56 Å². The van der Waals surface area contributed by atoms with Crippen molar-refractivity contribution in [3.63, 3.8) is 0 Å². The number of aryl methyl sites for hydroxylation is 2. The summed E-state index contributed by atoms with van der Waals surface area (Å²) >= 11 is 0. The van der Waals surface area contributed by atoms with Crippen molar-refractivity contribution in [3.8, 4) is 0 Å². The van der Waals surface area contributed by atoms with Crippen LogP contribution in [0.4, 0.5) is 5.69 Å². The van der Waals surface area contributed by atoms with E-state index in [2.05, 4.69) is 10.3 Å². The molecular formula is C18H20N2O3. The summed E-state index contributed by atoms with van der Waals surface area (Å²) in [5, 5.41) is 2.85. The summed E-state index contributed by atoms with van der Waals surface area (Å²) in [4.78, 5) is 28.3. The van der Waals surface area contributed by atoms with E-state index in [-0.39, 0.29) is 5.91 Å². The number of aromatic nitrogens is 1. The molecule has 0 saturated heterocycles. The van der Waals surface area contributed by atoms with Crippen LogP contribution in [0.25, 0.3) is 0 Å². The standard InChI is InChI=1S/C18H20N2O3/c1-4-15(23-18(22)14-9-6-10-19-11-14)17(21)20-16-12(2)7-5-8-13(16)3/h5-11,15H,4H2,1-3H3,(H,20,21). The maximum atomic E-state index is 12.4. The SMILES string of the molecule is CCC(OC(=O)c1cccnc1)C(=O)Nc1c(C)cccc1C. The lowest BCUT2D eigenvalue weighted by molar-refractivity contribution is -0.124. The van der Waals surface area contributed by atoms with Gasteiger partial charge >= 0.3 is 5.97 Å². The first-order chi connectivity index (χ1) is 11.0. The molecule has 0 aliphatic heterocycles. The van der Waals surface area contributed by atoms with Crippen LogP contribution in [-0.2, 0) is 9.53 Å². The van der Waals surface area contributed by atoms with Crippen LogP contribution in [0.1, 0.15) is 34.8 Å². The first kappa shape index (κ1) is 16.7.